The number of hydrogen-bond donors (Lipinski definition) is 0. The van der Waals surface area contributed by atoms with Gasteiger partial charge in [0.05, 0.1) is 12.7 Å². The molecular formula is C15H15ClINO3. The summed E-state index contributed by atoms with van der Waals surface area (Å²) in [6.45, 7) is 5.89. The molecule has 0 fully saturated rings. The highest BCUT2D eigenvalue weighted by Gasteiger charge is 2.30. The van der Waals surface area contributed by atoms with Gasteiger partial charge < -0.3 is 9.15 Å². The largest absolute Gasteiger partial charge is 0.463 e. The van der Waals surface area contributed by atoms with E-state index in [0.29, 0.717) is 16.6 Å². The number of ether oxygens (including phenoxy) is 1. The molecule has 0 saturated carbocycles. The number of hydrogen-bond acceptors (Lipinski definition) is 4. The molecule has 21 heavy (non-hydrogen) atoms. The van der Waals surface area contributed by atoms with Crippen molar-refractivity contribution < 1.29 is 13.9 Å². The zero-order chi connectivity index (χ0) is 15.8. The summed E-state index contributed by atoms with van der Waals surface area (Å²) in [6, 6.07) is 5.43. The Kier molecular flexibility index (Phi) is 4.63. The van der Waals surface area contributed by atoms with E-state index >= 15 is 0 Å². The van der Waals surface area contributed by atoms with Crippen LogP contribution >= 0.6 is 34.2 Å². The first-order valence-corrected chi connectivity index (χ1v) is 7.74. The lowest BCUT2D eigenvalue weighted by molar-refractivity contribution is 0.0562. The molecule has 1 heterocycles. The molecule has 0 aliphatic heterocycles. The van der Waals surface area contributed by atoms with Crippen LogP contribution in [0.3, 0.4) is 0 Å². The van der Waals surface area contributed by atoms with E-state index in [9.17, 15) is 4.79 Å². The summed E-state index contributed by atoms with van der Waals surface area (Å²) in [4.78, 5) is 16.4. The number of methoxy groups -OCH3 is 1. The Bertz CT molecular complexity index is 689. The van der Waals surface area contributed by atoms with Crippen LogP contribution in [0.15, 0.2) is 22.6 Å². The Balaban J connectivity index is 2.64. The predicted octanol–water partition coefficient (Wildman–Crippen LogP) is 4.68. The molecule has 0 radical (unpaired) electrons. The Morgan fingerprint density at radius 1 is 1.38 bits per heavy atom. The number of oxazole rings is 1. The van der Waals surface area contributed by atoms with Gasteiger partial charge in [0.25, 0.3) is 0 Å². The Labute approximate surface area is 142 Å². The van der Waals surface area contributed by atoms with Crippen LogP contribution in [0.4, 0.5) is 0 Å². The third-order valence-electron chi connectivity index (χ3n) is 2.87. The molecule has 0 aliphatic carbocycles. The first kappa shape index (κ1) is 16.3. The van der Waals surface area contributed by atoms with Crippen LogP contribution in [0, 0.1) is 3.57 Å². The monoisotopic (exact) mass is 419 g/mol. The Hall–Kier alpha value is -1.08. The van der Waals surface area contributed by atoms with Crippen LogP contribution in [-0.4, -0.2) is 18.1 Å². The number of esters is 1. The van der Waals surface area contributed by atoms with E-state index in [4.69, 9.17) is 20.8 Å². The van der Waals surface area contributed by atoms with Gasteiger partial charge in [-0.25, -0.2) is 9.78 Å². The van der Waals surface area contributed by atoms with E-state index in [1.807, 2.05) is 26.8 Å². The fourth-order valence-corrected chi connectivity index (χ4v) is 2.57. The van der Waals surface area contributed by atoms with Crippen LogP contribution in [0.5, 0.6) is 0 Å². The van der Waals surface area contributed by atoms with E-state index in [2.05, 4.69) is 27.6 Å². The second-order valence-electron chi connectivity index (χ2n) is 5.56. The molecule has 0 spiro atoms. The number of carbonyl (C=O) groups excluding carboxylic acids is 1. The van der Waals surface area contributed by atoms with Gasteiger partial charge in [-0.15, -0.1) is 0 Å². The minimum Gasteiger partial charge on any atom is -0.463 e. The third kappa shape index (κ3) is 3.40. The van der Waals surface area contributed by atoms with Gasteiger partial charge >= 0.3 is 5.97 Å². The van der Waals surface area contributed by atoms with Gasteiger partial charge in [0.15, 0.2) is 0 Å². The Morgan fingerprint density at radius 3 is 2.62 bits per heavy atom. The van der Waals surface area contributed by atoms with Crippen molar-refractivity contribution in [3.63, 3.8) is 0 Å². The SMILES string of the molecule is COC(=O)c1oc(-c2cc(Cl)ccc2I)nc1C(C)(C)C. The van der Waals surface area contributed by atoms with Gasteiger partial charge in [0.1, 0.15) is 5.69 Å². The van der Waals surface area contributed by atoms with Crippen molar-refractivity contribution in [1.29, 1.82) is 0 Å². The quantitative estimate of drug-likeness (QED) is 0.524. The third-order valence-corrected chi connectivity index (χ3v) is 4.04. The van der Waals surface area contributed by atoms with Crippen molar-refractivity contribution in [3.05, 3.63) is 38.2 Å². The highest BCUT2D eigenvalue weighted by Crippen LogP contribution is 2.33. The van der Waals surface area contributed by atoms with Crippen molar-refractivity contribution in [1.82, 2.24) is 4.98 Å². The second-order valence-corrected chi connectivity index (χ2v) is 7.16. The fourth-order valence-electron chi connectivity index (χ4n) is 1.84. The normalized spacial score (nSPS) is 11.5. The van der Waals surface area contributed by atoms with Crippen LogP contribution in [0.1, 0.15) is 37.0 Å². The highest BCUT2D eigenvalue weighted by atomic mass is 127. The van der Waals surface area contributed by atoms with Gasteiger partial charge in [0.2, 0.25) is 11.7 Å². The standard InChI is InChI=1S/C15H15ClINO3/c1-15(2,3)12-11(14(19)20-4)21-13(18-12)9-7-8(16)5-6-10(9)17/h5-7H,1-4H3. The van der Waals surface area contributed by atoms with E-state index in [1.165, 1.54) is 7.11 Å². The average Bonchev–Trinajstić information content (AvgIpc) is 2.85. The smallest absolute Gasteiger partial charge is 0.376 e. The van der Waals surface area contributed by atoms with Crippen molar-refractivity contribution in [2.45, 2.75) is 26.2 Å². The molecule has 4 nitrogen and oxygen atoms in total. The summed E-state index contributed by atoms with van der Waals surface area (Å²) in [5, 5.41) is 0.584. The minimum atomic E-state index is -0.532. The molecular weight excluding hydrogens is 405 g/mol. The summed E-state index contributed by atoms with van der Waals surface area (Å²) < 4.78 is 11.4. The lowest BCUT2D eigenvalue weighted by atomic mass is 9.91. The maximum Gasteiger partial charge on any atom is 0.376 e. The summed E-state index contributed by atoms with van der Waals surface area (Å²) in [6.07, 6.45) is 0. The van der Waals surface area contributed by atoms with Gasteiger partial charge in [-0.05, 0) is 40.8 Å². The van der Waals surface area contributed by atoms with E-state index < -0.39 is 5.97 Å². The summed E-state index contributed by atoms with van der Waals surface area (Å²) in [7, 11) is 1.32. The molecule has 1 aromatic carbocycles. The molecule has 0 bridgehead atoms. The maximum atomic E-state index is 11.9. The second kappa shape index (κ2) is 5.96. The zero-order valence-electron chi connectivity index (χ0n) is 12.2. The van der Waals surface area contributed by atoms with E-state index in [-0.39, 0.29) is 11.2 Å². The molecule has 6 heteroatoms. The van der Waals surface area contributed by atoms with Gasteiger partial charge in [0, 0.05) is 14.0 Å². The first-order valence-electron chi connectivity index (χ1n) is 6.29. The molecule has 2 rings (SSSR count). The molecule has 0 atom stereocenters. The van der Waals surface area contributed by atoms with Gasteiger partial charge in [-0.1, -0.05) is 32.4 Å². The van der Waals surface area contributed by atoms with Crippen molar-refractivity contribution in [2.75, 3.05) is 7.11 Å². The average molecular weight is 420 g/mol. The van der Waals surface area contributed by atoms with Crippen LogP contribution in [-0.2, 0) is 10.2 Å². The van der Waals surface area contributed by atoms with Crippen LogP contribution in [0.2, 0.25) is 5.02 Å². The zero-order valence-corrected chi connectivity index (χ0v) is 15.1. The van der Waals surface area contributed by atoms with Gasteiger partial charge in [-0.2, -0.15) is 0 Å². The van der Waals surface area contributed by atoms with Crippen molar-refractivity contribution in [2.24, 2.45) is 0 Å². The topological polar surface area (TPSA) is 52.3 Å². The van der Waals surface area contributed by atoms with Crippen LogP contribution in [0.25, 0.3) is 11.5 Å². The molecule has 1 aromatic heterocycles. The molecule has 0 aliphatic rings. The lowest BCUT2D eigenvalue weighted by Gasteiger charge is -2.15. The highest BCUT2D eigenvalue weighted by molar-refractivity contribution is 14.1. The van der Waals surface area contributed by atoms with E-state index in [0.717, 1.165) is 9.13 Å². The molecule has 0 unspecified atom stereocenters. The fraction of sp³-hybridized carbons (Fsp3) is 0.333. The number of benzene rings is 1. The molecule has 0 N–H and O–H groups in total. The van der Waals surface area contributed by atoms with E-state index in [1.54, 1.807) is 12.1 Å². The number of nitrogens with zero attached hydrogens (tertiary/aromatic N) is 1. The number of rotatable bonds is 2. The first-order chi connectivity index (χ1) is 9.74. The summed E-state index contributed by atoms with van der Waals surface area (Å²) in [5.74, 6) is -0.0290. The maximum absolute atomic E-state index is 11.9. The molecule has 2 aromatic rings. The lowest BCUT2D eigenvalue weighted by Crippen LogP contribution is -2.17. The molecule has 112 valence electrons. The van der Waals surface area contributed by atoms with Crippen LogP contribution < -0.4 is 0 Å². The molecule has 0 saturated heterocycles. The molecule has 0 amide bonds. The van der Waals surface area contributed by atoms with Crippen molar-refractivity contribution >= 4 is 40.2 Å². The number of halogens is 2. The van der Waals surface area contributed by atoms with Crippen molar-refractivity contribution in [3.8, 4) is 11.5 Å². The predicted molar refractivity (Wildman–Crippen MR) is 89.7 cm³/mol. The summed E-state index contributed by atoms with van der Waals surface area (Å²) >= 11 is 8.20. The van der Waals surface area contributed by atoms with Gasteiger partial charge in [-0.3, -0.25) is 0 Å². The summed E-state index contributed by atoms with van der Waals surface area (Å²) in [5.41, 5.74) is 0.985. The minimum absolute atomic E-state index is 0.135. The Morgan fingerprint density at radius 2 is 2.05 bits per heavy atom. The number of aromatic nitrogens is 1. The number of carbonyl (C=O) groups is 1.